The third kappa shape index (κ3) is 4.97. The fraction of sp³-hybridized carbons (Fsp3) is 0.0385. The van der Waals surface area contributed by atoms with Crippen LogP contribution in [0.1, 0.15) is 11.1 Å². The molecule has 3 nitrogen and oxygen atoms in total. The average molecular weight is 704 g/mol. The molecule has 11 rings (SSSR count). The molecule has 0 radical (unpaired) electrons. The van der Waals surface area contributed by atoms with Gasteiger partial charge in [0.2, 0.25) is 0 Å². The van der Waals surface area contributed by atoms with Crippen molar-refractivity contribution in [2.24, 2.45) is 0 Å². The third-order valence-corrected chi connectivity index (χ3v) is 11.5. The molecule has 0 aliphatic carbocycles. The number of anilines is 4. The third-order valence-electron chi connectivity index (χ3n) is 11.5. The second-order valence-corrected chi connectivity index (χ2v) is 14.6. The predicted molar refractivity (Wildman–Crippen MR) is 232 cm³/mol. The van der Waals surface area contributed by atoms with Gasteiger partial charge in [0.15, 0.2) is 0 Å². The quantitative estimate of drug-likeness (QED) is 0.181. The van der Waals surface area contributed by atoms with Crippen LogP contribution in [0.15, 0.2) is 194 Å². The van der Waals surface area contributed by atoms with Crippen LogP contribution in [0.4, 0.5) is 22.7 Å². The van der Waals surface area contributed by atoms with E-state index in [2.05, 4.69) is 216 Å². The minimum absolute atomic E-state index is 0.899. The Bertz CT molecular complexity index is 2970. The molecule has 0 N–H and O–H groups in total. The van der Waals surface area contributed by atoms with E-state index < -0.39 is 0 Å². The van der Waals surface area contributed by atoms with E-state index in [-0.39, 0.29) is 0 Å². The molecule has 3 heteroatoms. The van der Waals surface area contributed by atoms with Gasteiger partial charge < -0.3 is 14.4 Å². The highest BCUT2D eigenvalue weighted by atomic mass is 15.2. The van der Waals surface area contributed by atoms with Crippen LogP contribution in [0.25, 0.3) is 66.4 Å². The highest BCUT2D eigenvalue weighted by Crippen LogP contribution is 2.54. The Morgan fingerprint density at radius 3 is 1.84 bits per heavy atom. The molecule has 0 unspecified atom stereocenters. The summed E-state index contributed by atoms with van der Waals surface area (Å²) < 4.78 is 2.47. The fourth-order valence-corrected chi connectivity index (χ4v) is 8.91. The van der Waals surface area contributed by atoms with E-state index in [1.165, 1.54) is 83.3 Å². The van der Waals surface area contributed by atoms with Gasteiger partial charge in [-0.05, 0) is 87.6 Å². The Morgan fingerprint density at radius 1 is 0.436 bits per heavy atom. The van der Waals surface area contributed by atoms with Gasteiger partial charge in [-0.3, -0.25) is 0 Å². The van der Waals surface area contributed by atoms with Gasteiger partial charge in [-0.25, -0.2) is 0 Å². The molecule has 55 heavy (non-hydrogen) atoms. The van der Waals surface area contributed by atoms with Crippen LogP contribution in [-0.4, -0.2) is 18.2 Å². The van der Waals surface area contributed by atoms with Crippen LogP contribution < -0.4 is 9.80 Å². The van der Waals surface area contributed by atoms with Crippen molar-refractivity contribution in [1.29, 1.82) is 0 Å². The van der Waals surface area contributed by atoms with E-state index in [1.54, 1.807) is 0 Å². The van der Waals surface area contributed by atoms with Gasteiger partial charge in [0.05, 0.1) is 22.6 Å². The highest BCUT2D eigenvalue weighted by Gasteiger charge is 2.31. The zero-order valence-electron chi connectivity index (χ0n) is 30.5. The second kappa shape index (κ2) is 12.5. The van der Waals surface area contributed by atoms with Crippen molar-refractivity contribution in [3.05, 3.63) is 205 Å². The summed E-state index contributed by atoms with van der Waals surface area (Å²) >= 11 is 0. The predicted octanol–water partition coefficient (Wildman–Crippen LogP) is 13.4. The van der Waals surface area contributed by atoms with E-state index in [0.29, 0.717) is 0 Å². The summed E-state index contributed by atoms with van der Waals surface area (Å²) in [5.41, 5.74) is 18.2. The normalized spacial score (nSPS) is 13.1. The van der Waals surface area contributed by atoms with E-state index in [9.17, 15) is 0 Å². The van der Waals surface area contributed by atoms with Gasteiger partial charge in [0, 0.05) is 58.3 Å². The van der Waals surface area contributed by atoms with E-state index >= 15 is 0 Å². The molecular weight excluding hydrogens is 667 g/mol. The molecule has 8 aromatic carbocycles. The summed E-state index contributed by atoms with van der Waals surface area (Å²) in [6.07, 6.45) is 2.36. The summed E-state index contributed by atoms with van der Waals surface area (Å²) in [5.74, 6) is 0. The molecule has 9 aromatic rings. The average Bonchev–Trinajstić information content (AvgIpc) is 3.53. The molecule has 0 amide bonds. The lowest BCUT2D eigenvalue weighted by Crippen LogP contribution is -2.22. The van der Waals surface area contributed by atoms with Crippen molar-refractivity contribution >= 4 is 50.0 Å². The van der Waals surface area contributed by atoms with Crippen molar-refractivity contribution in [1.82, 2.24) is 4.57 Å². The van der Waals surface area contributed by atoms with Gasteiger partial charge in [-0.2, -0.15) is 0 Å². The maximum absolute atomic E-state index is 2.47. The summed E-state index contributed by atoms with van der Waals surface area (Å²) in [6, 6.07) is 68.9. The Balaban J connectivity index is 1.08. The Labute approximate surface area is 321 Å². The number of hydrogen-bond acceptors (Lipinski definition) is 2. The van der Waals surface area contributed by atoms with Crippen molar-refractivity contribution in [3.8, 4) is 39.2 Å². The second-order valence-electron chi connectivity index (χ2n) is 14.6. The van der Waals surface area contributed by atoms with Crippen LogP contribution in [0.3, 0.4) is 0 Å². The number of nitrogens with zero attached hydrogens (tertiary/aromatic N) is 3. The van der Waals surface area contributed by atoms with Crippen molar-refractivity contribution in [3.63, 3.8) is 0 Å². The SMILES string of the molecule is CN1CC=C(c2ccc3cc(N4c5ccccc5-c5c(n(-c6ccc(-c7ccccc7)cc6)c6ccccc56)-c5ccccc54)ccc3c2)c2ccccc21. The molecule has 0 atom stereocenters. The zero-order valence-corrected chi connectivity index (χ0v) is 30.5. The van der Waals surface area contributed by atoms with E-state index in [4.69, 9.17) is 0 Å². The zero-order chi connectivity index (χ0) is 36.5. The maximum Gasteiger partial charge on any atom is 0.0641 e. The first-order valence-corrected chi connectivity index (χ1v) is 19.0. The first-order chi connectivity index (χ1) is 27.2. The van der Waals surface area contributed by atoms with Gasteiger partial charge in [0.25, 0.3) is 0 Å². The fourth-order valence-electron chi connectivity index (χ4n) is 8.91. The van der Waals surface area contributed by atoms with Crippen LogP contribution in [-0.2, 0) is 0 Å². The summed E-state index contributed by atoms with van der Waals surface area (Å²) in [4.78, 5) is 4.78. The summed E-state index contributed by atoms with van der Waals surface area (Å²) in [7, 11) is 2.16. The molecule has 0 spiro atoms. The van der Waals surface area contributed by atoms with Crippen molar-refractivity contribution in [2.75, 3.05) is 23.4 Å². The Morgan fingerprint density at radius 2 is 1.02 bits per heavy atom. The van der Waals surface area contributed by atoms with Crippen molar-refractivity contribution in [2.45, 2.75) is 0 Å². The molecule has 0 saturated carbocycles. The Kier molecular flexibility index (Phi) is 7.14. The number of aromatic nitrogens is 1. The summed E-state index contributed by atoms with van der Waals surface area (Å²) in [5, 5.41) is 3.69. The number of rotatable bonds is 4. The molecule has 2 aliphatic heterocycles. The molecule has 3 heterocycles. The molecule has 1 aromatic heterocycles. The molecule has 0 bridgehead atoms. The molecular formula is C52H37N3. The van der Waals surface area contributed by atoms with Crippen LogP contribution in [0, 0.1) is 0 Å². The van der Waals surface area contributed by atoms with Crippen LogP contribution in [0.5, 0.6) is 0 Å². The molecule has 0 saturated heterocycles. The number of fused-ring (bicyclic) bond motifs is 9. The van der Waals surface area contributed by atoms with Crippen molar-refractivity contribution < 1.29 is 0 Å². The largest absolute Gasteiger partial charge is 0.370 e. The minimum atomic E-state index is 0.899. The van der Waals surface area contributed by atoms with E-state index in [0.717, 1.165) is 23.6 Å². The first-order valence-electron chi connectivity index (χ1n) is 19.0. The monoisotopic (exact) mass is 703 g/mol. The lowest BCUT2D eigenvalue weighted by atomic mass is 9.92. The molecule has 2 aliphatic rings. The lowest BCUT2D eigenvalue weighted by Gasteiger charge is -2.28. The van der Waals surface area contributed by atoms with Gasteiger partial charge in [0.1, 0.15) is 0 Å². The minimum Gasteiger partial charge on any atom is -0.370 e. The topological polar surface area (TPSA) is 11.4 Å². The summed E-state index contributed by atoms with van der Waals surface area (Å²) in [6.45, 7) is 0.899. The van der Waals surface area contributed by atoms with Gasteiger partial charge in [-0.1, -0.05) is 140 Å². The number of para-hydroxylation sites is 4. The smallest absolute Gasteiger partial charge is 0.0641 e. The molecule has 260 valence electrons. The van der Waals surface area contributed by atoms with Gasteiger partial charge in [-0.15, -0.1) is 0 Å². The number of hydrogen-bond donors (Lipinski definition) is 0. The highest BCUT2D eigenvalue weighted by molar-refractivity contribution is 6.13. The Hall–Kier alpha value is -7.10. The number of likely N-dealkylation sites (N-methyl/N-ethyl adjacent to an activating group) is 1. The van der Waals surface area contributed by atoms with Crippen LogP contribution in [0.2, 0.25) is 0 Å². The lowest BCUT2D eigenvalue weighted by molar-refractivity contribution is 1.01. The first kappa shape index (κ1) is 31.4. The van der Waals surface area contributed by atoms with Gasteiger partial charge >= 0.3 is 0 Å². The van der Waals surface area contributed by atoms with Crippen LogP contribution >= 0.6 is 0 Å². The number of benzene rings is 8. The molecule has 0 fully saturated rings. The standard InChI is InChI=1S/C52H37N3/c1-53-32-31-42(43-15-5-9-19-47(43)53)39-24-23-38-34-41(30-27-37(38)33-39)54-48-20-10-6-16-44(48)51-45-17-7-11-21-49(45)55(52(51)46-18-8-12-22-50(46)54)40-28-25-36(26-29-40)35-13-3-2-4-14-35/h2-31,33-34H,32H2,1H3. The van der Waals surface area contributed by atoms with E-state index in [1.807, 2.05) is 0 Å². The maximum atomic E-state index is 2.47.